The molecule has 0 amide bonds. The van der Waals surface area contributed by atoms with Crippen molar-refractivity contribution in [1.82, 2.24) is 20.0 Å². The number of hydrogen-bond acceptors (Lipinski definition) is 5. The molecule has 0 aliphatic carbocycles. The second kappa shape index (κ2) is 10.5. The molecule has 2 aromatic carbocycles. The van der Waals surface area contributed by atoms with E-state index in [0.717, 1.165) is 45.8 Å². The Balaban J connectivity index is 1.90. The number of hydrogen-bond donors (Lipinski definition) is 2. The molecular formula is C28H29F3N6. The minimum Gasteiger partial charge on any atom is -0.385 e. The number of nitrogens with one attached hydrogen (secondary N) is 2. The van der Waals surface area contributed by atoms with Crippen LogP contribution in [0.4, 0.5) is 18.9 Å². The van der Waals surface area contributed by atoms with E-state index in [1.165, 1.54) is 6.07 Å². The highest BCUT2D eigenvalue weighted by atomic mass is 19.4. The van der Waals surface area contributed by atoms with Crippen LogP contribution >= 0.6 is 0 Å². The molecule has 0 spiro atoms. The number of nitriles is 1. The molecule has 1 aliphatic rings. The van der Waals surface area contributed by atoms with Gasteiger partial charge in [0, 0.05) is 54.4 Å². The molecule has 1 aromatic heterocycles. The zero-order chi connectivity index (χ0) is 26.7. The third-order valence-electron chi connectivity index (χ3n) is 6.36. The van der Waals surface area contributed by atoms with Crippen LogP contribution in [0.1, 0.15) is 36.1 Å². The second-order valence-corrected chi connectivity index (χ2v) is 9.16. The lowest BCUT2D eigenvalue weighted by molar-refractivity contribution is -0.137. The summed E-state index contributed by atoms with van der Waals surface area (Å²) in [6.45, 7) is 2.58. The lowest BCUT2D eigenvalue weighted by atomic mass is 9.86. The minimum atomic E-state index is -4.43. The van der Waals surface area contributed by atoms with Gasteiger partial charge in [0.2, 0.25) is 0 Å². The molecule has 9 heteroatoms. The Hall–Kier alpha value is -4.03. The lowest BCUT2D eigenvalue weighted by Gasteiger charge is -2.35. The zero-order valence-electron chi connectivity index (χ0n) is 21.2. The van der Waals surface area contributed by atoms with E-state index in [9.17, 15) is 18.4 Å². The third-order valence-corrected chi connectivity index (χ3v) is 6.36. The van der Waals surface area contributed by atoms with E-state index in [-0.39, 0.29) is 6.04 Å². The quantitative estimate of drug-likeness (QED) is 0.439. The Labute approximate surface area is 214 Å². The van der Waals surface area contributed by atoms with Crippen molar-refractivity contribution < 1.29 is 13.2 Å². The van der Waals surface area contributed by atoms with Gasteiger partial charge in [-0.05, 0) is 62.5 Å². The first-order valence-corrected chi connectivity index (χ1v) is 11.9. The highest BCUT2D eigenvalue weighted by molar-refractivity contribution is 5.70. The molecule has 3 aromatic rings. The van der Waals surface area contributed by atoms with Crippen molar-refractivity contribution in [3.63, 3.8) is 0 Å². The molecule has 0 radical (unpaired) electrons. The summed E-state index contributed by atoms with van der Waals surface area (Å²) in [6, 6.07) is 12.8. The third kappa shape index (κ3) is 5.54. The molecule has 6 nitrogen and oxygen atoms in total. The van der Waals surface area contributed by atoms with Crippen LogP contribution in [-0.2, 0) is 13.2 Å². The summed E-state index contributed by atoms with van der Waals surface area (Å²) in [6.07, 6.45) is 1.82. The number of rotatable bonds is 6. The Kier molecular flexibility index (Phi) is 7.41. The van der Waals surface area contributed by atoms with Gasteiger partial charge in [-0.25, -0.2) is 0 Å². The minimum absolute atomic E-state index is 0.268. The predicted molar refractivity (Wildman–Crippen MR) is 138 cm³/mol. The molecule has 2 N–H and O–H groups in total. The van der Waals surface area contributed by atoms with Gasteiger partial charge in [0.15, 0.2) is 0 Å². The molecule has 37 heavy (non-hydrogen) atoms. The lowest BCUT2D eigenvalue weighted by Crippen LogP contribution is -2.33. The standard InChI is InChI=1S/C28H29F3N6/c1-5-24-26(25(11-12-33-24)35-21-8-6-7-20(14-21)28(29,30)31)27(36(2)3)22-10-9-18(15-32)13-23(22)19-16-34-37(4)17-19/h5-10,13-14,16-17,27,33,35H,11-12H2,1-4H3. The van der Waals surface area contributed by atoms with E-state index in [2.05, 4.69) is 26.7 Å². The molecule has 1 aliphatic heterocycles. The highest BCUT2D eigenvalue weighted by Gasteiger charge is 2.32. The van der Waals surface area contributed by atoms with Gasteiger partial charge in [-0.15, -0.1) is 0 Å². The van der Waals surface area contributed by atoms with Crippen molar-refractivity contribution in [2.75, 3.05) is 26.0 Å². The average Bonchev–Trinajstić information content (AvgIpc) is 3.30. The number of benzene rings is 2. The molecule has 192 valence electrons. The van der Waals surface area contributed by atoms with Crippen molar-refractivity contribution in [2.45, 2.75) is 25.6 Å². The topological polar surface area (TPSA) is 68.9 Å². The first kappa shape index (κ1) is 26.0. The number of likely N-dealkylation sites (N-methyl/N-ethyl adjacent to an activating group) is 1. The summed E-state index contributed by atoms with van der Waals surface area (Å²) in [5, 5.41) is 20.6. The van der Waals surface area contributed by atoms with E-state index >= 15 is 0 Å². The Morgan fingerprint density at radius 3 is 2.62 bits per heavy atom. The van der Waals surface area contributed by atoms with Crippen molar-refractivity contribution >= 4 is 5.69 Å². The number of aryl methyl sites for hydroxylation is 1. The van der Waals surface area contributed by atoms with Gasteiger partial charge in [0.25, 0.3) is 0 Å². The fraction of sp³-hybridized carbons (Fsp3) is 0.286. The summed E-state index contributed by atoms with van der Waals surface area (Å²) in [5.41, 5.74) is 5.60. The van der Waals surface area contributed by atoms with Crippen molar-refractivity contribution in [1.29, 1.82) is 5.26 Å². The van der Waals surface area contributed by atoms with Crippen LogP contribution in [0.2, 0.25) is 0 Å². The molecule has 0 saturated heterocycles. The van der Waals surface area contributed by atoms with Crippen molar-refractivity contribution in [2.24, 2.45) is 7.05 Å². The van der Waals surface area contributed by atoms with E-state index in [1.54, 1.807) is 23.0 Å². The van der Waals surface area contributed by atoms with Crippen molar-refractivity contribution in [3.8, 4) is 17.2 Å². The normalized spacial score (nSPS) is 16.0. The van der Waals surface area contributed by atoms with Crippen LogP contribution in [0, 0.1) is 11.3 Å². The van der Waals surface area contributed by atoms with Gasteiger partial charge in [-0.1, -0.05) is 18.2 Å². The summed E-state index contributed by atoms with van der Waals surface area (Å²) in [7, 11) is 5.77. The summed E-state index contributed by atoms with van der Waals surface area (Å²) in [4.78, 5) is 2.07. The largest absolute Gasteiger partial charge is 0.416 e. The monoisotopic (exact) mass is 506 g/mol. The summed E-state index contributed by atoms with van der Waals surface area (Å²) < 4.78 is 41.8. The number of alkyl halides is 3. The maximum Gasteiger partial charge on any atom is 0.416 e. The first-order valence-electron chi connectivity index (χ1n) is 11.9. The van der Waals surface area contributed by atoms with E-state index in [1.807, 2.05) is 52.5 Å². The van der Waals surface area contributed by atoms with Crippen LogP contribution in [0.3, 0.4) is 0 Å². The van der Waals surface area contributed by atoms with E-state index < -0.39 is 11.7 Å². The molecule has 1 atom stereocenters. The van der Waals surface area contributed by atoms with E-state index in [0.29, 0.717) is 24.2 Å². The summed E-state index contributed by atoms with van der Waals surface area (Å²) in [5.74, 6) is 0. The van der Waals surface area contributed by atoms with Gasteiger partial charge in [-0.3, -0.25) is 9.58 Å². The molecule has 1 unspecified atom stereocenters. The van der Waals surface area contributed by atoms with Gasteiger partial charge in [-0.2, -0.15) is 23.5 Å². The van der Waals surface area contributed by atoms with Crippen LogP contribution in [0.25, 0.3) is 11.1 Å². The smallest absolute Gasteiger partial charge is 0.385 e. The van der Waals surface area contributed by atoms with Crippen molar-refractivity contribution in [3.05, 3.63) is 94.6 Å². The van der Waals surface area contributed by atoms with Crippen LogP contribution in [-0.4, -0.2) is 35.3 Å². The molecule has 4 rings (SSSR count). The maximum absolute atomic E-state index is 13.4. The predicted octanol–water partition coefficient (Wildman–Crippen LogP) is 5.84. The molecule has 0 fully saturated rings. The van der Waals surface area contributed by atoms with E-state index in [4.69, 9.17) is 0 Å². The Morgan fingerprint density at radius 2 is 2.00 bits per heavy atom. The number of anilines is 1. The Bertz CT molecular complexity index is 1390. The van der Waals surface area contributed by atoms with Gasteiger partial charge >= 0.3 is 6.18 Å². The second-order valence-electron chi connectivity index (χ2n) is 9.16. The van der Waals surface area contributed by atoms with Gasteiger partial charge in [0.1, 0.15) is 0 Å². The molecular weight excluding hydrogens is 477 g/mol. The Morgan fingerprint density at radius 1 is 1.22 bits per heavy atom. The SMILES string of the molecule is CC=C1NCCC(Nc2cccc(C(F)(F)F)c2)=C1C(c1ccc(C#N)cc1-c1cnn(C)c1)N(C)C. The number of halogens is 3. The highest BCUT2D eigenvalue weighted by Crippen LogP contribution is 2.41. The number of allylic oxidation sites excluding steroid dienone is 1. The van der Waals surface area contributed by atoms with Gasteiger partial charge in [0.05, 0.1) is 29.4 Å². The molecule has 0 saturated carbocycles. The fourth-order valence-electron chi connectivity index (χ4n) is 4.73. The fourth-order valence-corrected chi connectivity index (χ4v) is 4.73. The maximum atomic E-state index is 13.4. The first-order chi connectivity index (χ1) is 17.6. The summed E-state index contributed by atoms with van der Waals surface area (Å²) >= 11 is 0. The van der Waals surface area contributed by atoms with Gasteiger partial charge < -0.3 is 10.6 Å². The van der Waals surface area contributed by atoms with Crippen LogP contribution in [0.5, 0.6) is 0 Å². The van der Waals surface area contributed by atoms with Crippen LogP contribution < -0.4 is 10.6 Å². The number of aromatic nitrogens is 2. The van der Waals surface area contributed by atoms with Crippen LogP contribution in [0.15, 0.2) is 77.9 Å². The molecule has 0 bridgehead atoms. The zero-order valence-corrected chi connectivity index (χ0v) is 21.2. The number of nitrogens with zero attached hydrogens (tertiary/aromatic N) is 4. The average molecular weight is 507 g/mol. The molecule has 2 heterocycles.